The van der Waals surface area contributed by atoms with Crippen LogP contribution >= 0.6 is 15.9 Å². The van der Waals surface area contributed by atoms with Crippen LogP contribution in [0.15, 0.2) is 22.7 Å². The van der Waals surface area contributed by atoms with Gasteiger partial charge in [0.25, 0.3) is 5.91 Å². The molecule has 0 aromatic heterocycles. The third kappa shape index (κ3) is 3.80. The molecule has 2 aliphatic rings. The number of amides is 4. The van der Waals surface area contributed by atoms with E-state index in [-0.39, 0.29) is 31.4 Å². The first-order chi connectivity index (χ1) is 12.7. The Labute approximate surface area is 162 Å². The lowest BCUT2D eigenvalue weighted by Crippen LogP contribution is -2.50. The molecule has 0 bridgehead atoms. The Morgan fingerprint density at radius 1 is 1.33 bits per heavy atom. The van der Waals surface area contributed by atoms with Crippen molar-refractivity contribution in [2.45, 2.75) is 31.2 Å². The zero-order valence-electron chi connectivity index (χ0n) is 14.1. The molecule has 1 saturated carbocycles. The number of nitrogens with one attached hydrogen (secondary N) is 2. The molecule has 1 aliphatic heterocycles. The van der Waals surface area contributed by atoms with Crippen molar-refractivity contribution in [1.29, 1.82) is 0 Å². The van der Waals surface area contributed by atoms with Crippen LogP contribution in [-0.2, 0) is 14.4 Å². The highest BCUT2D eigenvalue weighted by molar-refractivity contribution is 9.10. The number of carboxylic acids is 1. The normalized spacial score (nSPS) is 24.8. The molecule has 0 radical (unpaired) electrons. The number of carboxylic acid groups (broad SMARTS) is 1. The van der Waals surface area contributed by atoms with E-state index in [1.165, 1.54) is 12.1 Å². The summed E-state index contributed by atoms with van der Waals surface area (Å²) in [6.45, 7) is -0.551. The molecule has 1 heterocycles. The van der Waals surface area contributed by atoms with Crippen molar-refractivity contribution in [1.82, 2.24) is 10.2 Å². The number of anilines is 1. The van der Waals surface area contributed by atoms with Gasteiger partial charge < -0.3 is 15.7 Å². The van der Waals surface area contributed by atoms with Crippen LogP contribution in [0.5, 0.6) is 0 Å². The highest BCUT2D eigenvalue weighted by Gasteiger charge is 2.53. The summed E-state index contributed by atoms with van der Waals surface area (Å²) in [4.78, 5) is 48.9. The van der Waals surface area contributed by atoms with Crippen molar-refractivity contribution < 1.29 is 28.7 Å². The standard InChI is InChI=1S/C17H17BrFN3O5/c18-10-1-2-12(11(19)7-10)20-13(23)8-22-15(26)17(21-16(22)27)5-3-9(4-6-17)14(24)25/h1-2,7,9H,3-6,8H2,(H,20,23)(H,21,27)(H,24,25). The smallest absolute Gasteiger partial charge is 0.325 e. The first-order valence-corrected chi connectivity index (χ1v) is 9.13. The van der Waals surface area contributed by atoms with Crippen LogP contribution in [0.2, 0.25) is 0 Å². The van der Waals surface area contributed by atoms with Crippen molar-refractivity contribution >= 4 is 45.4 Å². The van der Waals surface area contributed by atoms with Gasteiger partial charge in [-0.05, 0) is 43.9 Å². The number of carbonyl (C=O) groups excluding carboxylic acids is 3. The number of carbonyl (C=O) groups is 4. The van der Waals surface area contributed by atoms with Crippen LogP contribution in [-0.4, -0.2) is 45.9 Å². The average Bonchev–Trinajstić information content (AvgIpc) is 2.82. The summed E-state index contributed by atoms with van der Waals surface area (Å²) in [6, 6.07) is 3.37. The van der Waals surface area contributed by atoms with Crippen molar-refractivity contribution in [2.24, 2.45) is 5.92 Å². The molecule has 0 atom stereocenters. The third-order valence-corrected chi connectivity index (χ3v) is 5.43. The quantitative estimate of drug-likeness (QED) is 0.618. The minimum Gasteiger partial charge on any atom is -0.481 e. The summed E-state index contributed by atoms with van der Waals surface area (Å²) in [5, 5.41) is 14.0. The summed E-state index contributed by atoms with van der Waals surface area (Å²) < 4.78 is 14.3. The van der Waals surface area contributed by atoms with Crippen molar-refractivity contribution in [3.63, 3.8) is 0 Å². The fraction of sp³-hybridized carbons (Fsp3) is 0.412. The van der Waals surface area contributed by atoms with Gasteiger partial charge >= 0.3 is 12.0 Å². The lowest BCUT2D eigenvalue weighted by Gasteiger charge is -2.33. The van der Waals surface area contributed by atoms with E-state index >= 15 is 0 Å². The fourth-order valence-electron chi connectivity index (χ4n) is 3.44. The number of nitrogens with zero attached hydrogens (tertiary/aromatic N) is 1. The van der Waals surface area contributed by atoms with E-state index in [4.69, 9.17) is 5.11 Å². The zero-order chi connectivity index (χ0) is 19.8. The highest BCUT2D eigenvalue weighted by Crippen LogP contribution is 2.36. The van der Waals surface area contributed by atoms with E-state index in [0.717, 1.165) is 4.90 Å². The summed E-state index contributed by atoms with van der Waals surface area (Å²) in [5.41, 5.74) is -1.22. The van der Waals surface area contributed by atoms with Crippen LogP contribution in [0, 0.1) is 11.7 Å². The van der Waals surface area contributed by atoms with E-state index in [9.17, 15) is 23.6 Å². The predicted molar refractivity (Wildman–Crippen MR) is 95.3 cm³/mol. The lowest BCUT2D eigenvalue weighted by atomic mass is 9.76. The largest absolute Gasteiger partial charge is 0.481 e. The van der Waals surface area contributed by atoms with Gasteiger partial charge in [0, 0.05) is 4.47 Å². The Kier molecular flexibility index (Phi) is 5.18. The second-order valence-corrected chi connectivity index (χ2v) is 7.60. The van der Waals surface area contributed by atoms with Crippen LogP contribution in [0.3, 0.4) is 0 Å². The minimum atomic E-state index is -1.16. The van der Waals surface area contributed by atoms with Gasteiger partial charge in [-0.25, -0.2) is 9.18 Å². The van der Waals surface area contributed by atoms with Gasteiger partial charge in [-0.15, -0.1) is 0 Å². The molecule has 2 fully saturated rings. The number of rotatable bonds is 4. The average molecular weight is 442 g/mol. The number of hydrogen-bond donors (Lipinski definition) is 3. The number of benzene rings is 1. The van der Waals surface area contributed by atoms with Crippen LogP contribution < -0.4 is 10.6 Å². The molecule has 1 spiro atoms. The monoisotopic (exact) mass is 441 g/mol. The SMILES string of the molecule is O=C(CN1C(=O)NC2(CCC(C(=O)O)CC2)C1=O)Nc1ccc(Br)cc1F. The minimum absolute atomic E-state index is 0.0630. The molecule has 144 valence electrons. The maximum absolute atomic E-state index is 13.8. The maximum Gasteiger partial charge on any atom is 0.325 e. The predicted octanol–water partition coefficient (Wildman–Crippen LogP) is 2.09. The molecule has 3 rings (SSSR count). The van der Waals surface area contributed by atoms with Gasteiger partial charge in [0.1, 0.15) is 17.9 Å². The number of aliphatic carboxylic acids is 1. The molecule has 27 heavy (non-hydrogen) atoms. The van der Waals surface area contributed by atoms with Gasteiger partial charge in [-0.3, -0.25) is 19.3 Å². The molecular formula is C17H17BrFN3O5. The number of halogens is 2. The molecular weight excluding hydrogens is 425 g/mol. The first-order valence-electron chi connectivity index (χ1n) is 8.34. The second-order valence-electron chi connectivity index (χ2n) is 6.69. The fourth-order valence-corrected chi connectivity index (χ4v) is 3.77. The van der Waals surface area contributed by atoms with Gasteiger partial charge in [-0.1, -0.05) is 15.9 Å². The van der Waals surface area contributed by atoms with Crippen LogP contribution in [0.1, 0.15) is 25.7 Å². The van der Waals surface area contributed by atoms with Crippen molar-refractivity contribution in [3.8, 4) is 0 Å². The number of hydrogen-bond acceptors (Lipinski definition) is 4. The molecule has 1 aliphatic carbocycles. The molecule has 10 heteroatoms. The van der Waals surface area contributed by atoms with E-state index in [0.29, 0.717) is 4.47 Å². The van der Waals surface area contributed by atoms with E-state index in [2.05, 4.69) is 26.6 Å². The molecule has 3 N–H and O–H groups in total. The molecule has 0 unspecified atom stereocenters. The summed E-state index contributed by atoms with van der Waals surface area (Å²) in [6.07, 6.45) is 0.943. The van der Waals surface area contributed by atoms with E-state index < -0.39 is 47.6 Å². The Morgan fingerprint density at radius 2 is 2.00 bits per heavy atom. The van der Waals surface area contributed by atoms with Gasteiger partial charge in [0.05, 0.1) is 11.6 Å². The Morgan fingerprint density at radius 3 is 2.59 bits per heavy atom. The molecule has 1 aromatic carbocycles. The third-order valence-electron chi connectivity index (χ3n) is 4.94. The number of imide groups is 1. The molecule has 8 nitrogen and oxygen atoms in total. The highest BCUT2D eigenvalue weighted by atomic mass is 79.9. The molecule has 1 saturated heterocycles. The molecule has 4 amide bonds. The van der Waals surface area contributed by atoms with Gasteiger partial charge in [0.2, 0.25) is 5.91 Å². The second kappa shape index (κ2) is 7.26. The van der Waals surface area contributed by atoms with Crippen LogP contribution in [0.25, 0.3) is 0 Å². The van der Waals surface area contributed by atoms with Crippen LogP contribution in [0.4, 0.5) is 14.9 Å². The van der Waals surface area contributed by atoms with Gasteiger partial charge in [-0.2, -0.15) is 0 Å². The number of urea groups is 1. The van der Waals surface area contributed by atoms with Crippen molar-refractivity contribution in [2.75, 3.05) is 11.9 Å². The Hall–Kier alpha value is -2.49. The van der Waals surface area contributed by atoms with E-state index in [1.54, 1.807) is 6.07 Å². The topological polar surface area (TPSA) is 116 Å². The summed E-state index contributed by atoms with van der Waals surface area (Å²) in [7, 11) is 0. The van der Waals surface area contributed by atoms with Crippen molar-refractivity contribution in [3.05, 3.63) is 28.5 Å². The Balaban J connectivity index is 1.65. The zero-order valence-corrected chi connectivity index (χ0v) is 15.7. The summed E-state index contributed by atoms with van der Waals surface area (Å²) in [5.74, 6) is -3.38. The maximum atomic E-state index is 13.8. The molecule has 1 aromatic rings. The van der Waals surface area contributed by atoms with Gasteiger partial charge in [0.15, 0.2) is 0 Å². The lowest BCUT2D eigenvalue weighted by molar-refractivity contribution is -0.145. The van der Waals surface area contributed by atoms with E-state index in [1.807, 2.05) is 0 Å². The summed E-state index contributed by atoms with van der Waals surface area (Å²) >= 11 is 3.11. The first kappa shape index (κ1) is 19.3. The Bertz CT molecular complexity index is 823.